The number of carbonyl (C=O) groups is 1. The molecule has 3 heterocycles. The highest BCUT2D eigenvalue weighted by molar-refractivity contribution is 7.15. The molecule has 0 radical (unpaired) electrons. The van der Waals surface area contributed by atoms with E-state index in [-0.39, 0.29) is 11.8 Å². The van der Waals surface area contributed by atoms with E-state index in [4.69, 9.17) is 4.42 Å². The first-order valence-corrected chi connectivity index (χ1v) is 9.29. The van der Waals surface area contributed by atoms with Gasteiger partial charge in [0.25, 0.3) is 0 Å². The van der Waals surface area contributed by atoms with E-state index in [9.17, 15) is 9.18 Å². The summed E-state index contributed by atoms with van der Waals surface area (Å²) in [5, 5.41) is 3.42. The summed E-state index contributed by atoms with van der Waals surface area (Å²) in [5.74, 6) is 0.715. The van der Waals surface area contributed by atoms with Crippen LogP contribution in [0.1, 0.15) is 28.2 Å². The molecule has 0 unspecified atom stereocenters. The fourth-order valence-corrected chi connectivity index (χ4v) is 3.92. The van der Waals surface area contributed by atoms with Crippen molar-refractivity contribution in [3.05, 3.63) is 70.4 Å². The zero-order chi connectivity index (χ0) is 17.9. The van der Waals surface area contributed by atoms with Crippen molar-refractivity contribution in [2.24, 2.45) is 0 Å². The van der Waals surface area contributed by atoms with Gasteiger partial charge in [-0.2, -0.15) is 0 Å². The molecule has 134 valence electrons. The van der Waals surface area contributed by atoms with Crippen LogP contribution < -0.4 is 5.32 Å². The normalized spacial score (nSPS) is 14.0. The van der Waals surface area contributed by atoms with E-state index in [1.165, 1.54) is 23.5 Å². The van der Waals surface area contributed by atoms with Crippen molar-refractivity contribution in [3.8, 4) is 0 Å². The van der Waals surface area contributed by atoms with Crippen LogP contribution in [0.3, 0.4) is 0 Å². The van der Waals surface area contributed by atoms with Gasteiger partial charge in [-0.15, -0.1) is 11.3 Å². The monoisotopic (exact) mass is 371 g/mol. The van der Waals surface area contributed by atoms with Crippen molar-refractivity contribution >= 4 is 22.5 Å². The number of anilines is 1. The quantitative estimate of drug-likeness (QED) is 0.740. The van der Waals surface area contributed by atoms with E-state index >= 15 is 0 Å². The van der Waals surface area contributed by atoms with E-state index in [2.05, 4.69) is 10.3 Å². The first-order valence-electron chi connectivity index (χ1n) is 8.48. The van der Waals surface area contributed by atoms with Crippen LogP contribution in [0.2, 0.25) is 0 Å². The molecule has 3 aromatic rings. The van der Waals surface area contributed by atoms with Gasteiger partial charge in [-0.3, -0.25) is 5.32 Å². The fourth-order valence-electron chi connectivity index (χ4n) is 3.08. The van der Waals surface area contributed by atoms with Crippen LogP contribution in [0, 0.1) is 5.82 Å². The minimum absolute atomic E-state index is 0.161. The Kier molecular flexibility index (Phi) is 4.71. The van der Waals surface area contributed by atoms with Gasteiger partial charge in [-0.25, -0.2) is 14.2 Å². The number of hydrogen-bond acceptors (Lipinski definition) is 4. The minimum atomic E-state index is -0.250. The lowest BCUT2D eigenvalue weighted by Crippen LogP contribution is -2.34. The molecule has 7 heteroatoms. The van der Waals surface area contributed by atoms with Gasteiger partial charge in [-0.05, 0) is 30.2 Å². The van der Waals surface area contributed by atoms with E-state index in [0.717, 1.165) is 34.6 Å². The van der Waals surface area contributed by atoms with Gasteiger partial charge in [0.2, 0.25) is 0 Å². The summed E-state index contributed by atoms with van der Waals surface area (Å²) in [5.41, 5.74) is 1.94. The zero-order valence-corrected chi connectivity index (χ0v) is 14.9. The third kappa shape index (κ3) is 3.77. The maximum Gasteiger partial charge on any atom is 0.323 e. The van der Waals surface area contributed by atoms with E-state index in [0.29, 0.717) is 24.6 Å². The van der Waals surface area contributed by atoms with E-state index in [1.807, 2.05) is 12.1 Å². The third-order valence-electron chi connectivity index (χ3n) is 4.35. The second kappa shape index (κ2) is 7.29. The fraction of sp³-hybridized carbons (Fsp3) is 0.263. The topological polar surface area (TPSA) is 58.4 Å². The number of carbonyl (C=O) groups excluding carboxylic acids is 1. The van der Waals surface area contributed by atoms with Crippen LogP contribution in [0.15, 0.2) is 47.2 Å². The second-order valence-corrected chi connectivity index (χ2v) is 7.38. The summed E-state index contributed by atoms with van der Waals surface area (Å²) in [6.45, 7) is 1.22. The summed E-state index contributed by atoms with van der Waals surface area (Å²) >= 11 is 1.41. The highest BCUT2D eigenvalue weighted by atomic mass is 32.1. The summed E-state index contributed by atoms with van der Waals surface area (Å²) in [6, 6.07) is 8.26. The Labute approximate surface area is 154 Å². The van der Waals surface area contributed by atoms with Gasteiger partial charge < -0.3 is 9.32 Å². The molecular formula is C19H18FN3O2S. The molecular weight excluding hydrogens is 353 g/mol. The van der Waals surface area contributed by atoms with Crippen molar-refractivity contribution in [3.63, 3.8) is 0 Å². The van der Waals surface area contributed by atoms with Crippen LogP contribution in [0.25, 0.3) is 0 Å². The molecule has 0 saturated carbocycles. The number of benzene rings is 1. The number of hydrogen-bond donors (Lipinski definition) is 1. The molecule has 0 spiro atoms. The molecule has 2 amide bonds. The van der Waals surface area contributed by atoms with Crippen LogP contribution >= 0.6 is 11.3 Å². The number of furan rings is 1. The Balaban J connectivity index is 1.40. The van der Waals surface area contributed by atoms with E-state index < -0.39 is 0 Å². The third-order valence-corrected chi connectivity index (χ3v) is 5.27. The summed E-state index contributed by atoms with van der Waals surface area (Å²) in [6.07, 6.45) is 5.71. The molecule has 26 heavy (non-hydrogen) atoms. The molecule has 2 aromatic heterocycles. The van der Waals surface area contributed by atoms with Gasteiger partial charge in [0.1, 0.15) is 11.6 Å². The molecule has 1 aliphatic heterocycles. The summed E-state index contributed by atoms with van der Waals surface area (Å²) in [4.78, 5) is 19.6. The van der Waals surface area contributed by atoms with Gasteiger partial charge >= 0.3 is 6.03 Å². The van der Waals surface area contributed by atoms with Crippen LogP contribution in [0.4, 0.5) is 14.3 Å². The van der Waals surface area contributed by atoms with Crippen molar-refractivity contribution in [2.45, 2.75) is 25.8 Å². The number of urea groups is 1. The number of halogens is 1. The smallest absolute Gasteiger partial charge is 0.323 e. The van der Waals surface area contributed by atoms with Crippen molar-refractivity contribution < 1.29 is 13.6 Å². The lowest BCUT2D eigenvalue weighted by molar-refractivity contribution is 0.210. The Morgan fingerprint density at radius 2 is 2.31 bits per heavy atom. The first-order chi connectivity index (χ1) is 12.7. The van der Waals surface area contributed by atoms with Crippen molar-refractivity contribution in [1.82, 2.24) is 9.88 Å². The van der Waals surface area contributed by atoms with Gasteiger partial charge in [0.15, 0.2) is 5.13 Å². The summed E-state index contributed by atoms with van der Waals surface area (Å²) < 4.78 is 18.7. The number of fused-ring (bicyclic) bond motifs is 1. The number of thiazole rings is 1. The summed E-state index contributed by atoms with van der Waals surface area (Å²) in [7, 11) is 0. The number of nitrogens with one attached hydrogen (secondary N) is 1. The number of amides is 2. The molecule has 0 fully saturated rings. The lowest BCUT2D eigenvalue weighted by atomic mass is 10.1. The highest BCUT2D eigenvalue weighted by Gasteiger charge is 2.21. The molecule has 5 nitrogen and oxygen atoms in total. The van der Waals surface area contributed by atoms with Crippen LogP contribution in [0.5, 0.6) is 0 Å². The van der Waals surface area contributed by atoms with Crippen molar-refractivity contribution in [1.29, 1.82) is 0 Å². The molecule has 0 aliphatic carbocycles. The predicted molar refractivity (Wildman–Crippen MR) is 97.8 cm³/mol. The minimum Gasteiger partial charge on any atom is -0.469 e. The average molecular weight is 371 g/mol. The Morgan fingerprint density at radius 3 is 3.19 bits per heavy atom. The zero-order valence-electron chi connectivity index (χ0n) is 14.1. The van der Waals surface area contributed by atoms with Gasteiger partial charge in [0, 0.05) is 36.0 Å². The number of aromatic nitrogens is 1. The standard InChI is InChI=1S/C19H18FN3O2S/c20-15-4-1-3-13(9-15)10-16-11-21-18(26-16)22-19(24)23-7-2-5-17-14(12-23)6-8-25-17/h1,3-4,6,8-9,11H,2,5,7,10,12H2,(H,21,22,24). The molecule has 0 saturated heterocycles. The molecule has 1 N–H and O–H groups in total. The van der Waals surface area contributed by atoms with Crippen LogP contribution in [-0.2, 0) is 19.4 Å². The number of aryl methyl sites for hydroxylation is 1. The van der Waals surface area contributed by atoms with Crippen molar-refractivity contribution in [2.75, 3.05) is 11.9 Å². The SMILES string of the molecule is O=C(Nc1ncc(Cc2cccc(F)c2)s1)N1CCCc2occc2C1. The Morgan fingerprint density at radius 1 is 1.38 bits per heavy atom. The average Bonchev–Trinajstić information content (AvgIpc) is 3.19. The molecule has 1 aliphatic rings. The largest absolute Gasteiger partial charge is 0.469 e. The molecule has 0 bridgehead atoms. The number of nitrogens with zero attached hydrogens (tertiary/aromatic N) is 2. The van der Waals surface area contributed by atoms with E-state index in [1.54, 1.807) is 23.4 Å². The van der Waals surface area contributed by atoms with Gasteiger partial charge in [0.05, 0.1) is 12.8 Å². The maximum absolute atomic E-state index is 13.3. The predicted octanol–water partition coefficient (Wildman–Crippen LogP) is 4.45. The molecule has 4 rings (SSSR count). The molecule has 0 atom stereocenters. The highest BCUT2D eigenvalue weighted by Crippen LogP contribution is 2.24. The Bertz CT molecular complexity index is 921. The number of rotatable bonds is 3. The molecule has 1 aromatic carbocycles. The van der Waals surface area contributed by atoms with Gasteiger partial charge in [-0.1, -0.05) is 12.1 Å². The lowest BCUT2D eigenvalue weighted by Gasteiger charge is -2.19. The second-order valence-electron chi connectivity index (χ2n) is 6.26. The maximum atomic E-state index is 13.3. The first kappa shape index (κ1) is 16.8. The Hall–Kier alpha value is -2.67. The van der Waals surface area contributed by atoms with Crippen LogP contribution in [-0.4, -0.2) is 22.5 Å².